The molecule has 1 aromatic heterocycles. The van der Waals surface area contributed by atoms with Crippen LogP contribution in [0.15, 0.2) is 12.1 Å². The molecule has 1 amide bonds. The maximum atomic E-state index is 10.8. The van der Waals surface area contributed by atoms with Crippen molar-refractivity contribution in [2.45, 2.75) is 0 Å². The summed E-state index contributed by atoms with van der Waals surface area (Å²) in [6, 6.07) is 2.63. The Morgan fingerprint density at radius 1 is 1.64 bits per heavy atom. The predicted octanol–water partition coefficient (Wildman–Crippen LogP) is 0.777. The Morgan fingerprint density at radius 2 is 2.36 bits per heavy atom. The Morgan fingerprint density at radius 3 is 2.93 bits per heavy atom. The number of alkyl halides is 1. The molecule has 0 aliphatic carbocycles. The number of hydrogen-bond donors (Lipinski definition) is 2. The lowest BCUT2D eigenvalue weighted by molar-refractivity contribution is -0.113. The molecule has 14 heavy (non-hydrogen) atoms. The highest BCUT2D eigenvalue weighted by Crippen LogP contribution is 2.15. The van der Waals surface area contributed by atoms with E-state index in [1.54, 1.807) is 0 Å². The summed E-state index contributed by atoms with van der Waals surface area (Å²) < 4.78 is 0. The Labute approximate surface area is 84.7 Å². The Hall–Kier alpha value is -1.62. The van der Waals surface area contributed by atoms with Gasteiger partial charge in [-0.1, -0.05) is 0 Å². The largest absolute Gasteiger partial charge is 0.506 e. The first kappa shape index (κ1) is 10.5. The van der Waals surface area contributed by atoms with E-state index in [9.17, 15) is 9.59 Å². The molecule has 1 aromatic rings. The van der Waals surface area contributed by atoms with Crippen LogP contribution >= 0.6 is 11.6 Å². The molecular weight excluding hydrogens is 208 g/mol. The van der Waals surface area contributed by atoms with Gasteiger partial charge in [-0.15, -0.1) is 11.6 Å². The van der Waals surface area contributed by atoms with E-state index in [2.05, 4.69) is 10.3 Å². The maximum absolute atomic E-state index is 10.8. The van der Waals surface area contributed by atoms with E-state index in [-0.39, 0.29) is 23.1 Å². The van der Waals surface area contributed by atoms with Gasteiger partial charge in [-0.2, -0.15) is 0 Å². The minimum absolute atomic E-state index is 0.127. The minimum Gasteiger partial charge on any atom is -0.506 e. The van der Waals surface area contributed by atoms with Gasteiger partial charge in [0.05, 0.1) is 0 Å². The van der Waals surface area contributed by atoms with Crippen molar-refractivity contribution in [2.75, 3.05) is 11.2 Å². The van der Waals surface area contributed by atoms with Crippen molar-refractivity contribution in [2.24, 2.45) is 0 Å². The number of aromatic hydroxyl groups is 1. The maximum Gasteiger partial charge on any atom is 0.240 e. The molecule has 0 radical (unpaired) electrons. The second-order valence-corrected chi connectivity index (χ2v) is 2.67. The Balaban J connectivity index is 2.89. The summed E-state index contributed by atoms with van der Waals surface area (Å²) in [7, 11) is 0. The van der Waals surface area contributed by atoms with E-state index < -0.39 is 5.91 Å². The summed E-state index contributed by atoms with van der Waals surface area (Å²) in [4.78, 5) is 24.9. The number of halogens is 1. The van der Waals surface area contributed by atoms with Crippen LogP contribution in [0.1, 0.15) is 10.5 Å². The highest BCUT2D eigenvalue weighted by molar-refractivity contribution is 6.29. The van der Waals surface area contributed by atoms with Gasteiger partial charge >= 0.3 is 0 Å². The summed E-state index contributed by atoms with van der Waals surface area (Å²) in [5.74, 6) is -0.681. The highest BCUT2D eigenvalue weighted by Gasteiger charge is 2.05. The smallest absolute Gasteiger partial charge is 0.240 e. The zero-order valence-corrected chi connectivity index (χ0v) is 7.78. The van der Waals surface area contributed by atoms with Gasteiger partial charge < -0.3 is 10.4 Å². The molecule has 0 bridgehead atoms. The molecule has 0 aliphatic rings. The predicted molar refractivity (Wildman–Crippen MR) is 50.6 cm³/mol. The number of hydrogen-bond acceptors (Lipinski definition) is 4. The lowest BCUT2D eigenvalue weighted by atomic mass is 10.3. The molecule has 2 N–H and O–H groups in total. The molecule has 0 aliphatic heterocycles. The standard InChI is InChI=1S/C8H7ClN2O3/c9-3-8(14)11-7-2-1-6(13)5(4-12)10-7/h1-2,4,13H,3H2,(H,10,11,14). The first-order chi connectivity index (χ1) is 6.67. The average Bonchev–Trinajstić information content (AvgIpc) is 2.20. The van der Waals surface area contributed by atoms with Crippen LogP contribution in [0.4, 0.5) is 5.82 Å². The highest BCUT2D eigenvalue weighted by atomic mass is 35.5. The molecule has 0 saturated carbocycles. The molecule has 6 heteroatoms. The molecule has 0 aromatic carbocycles. The normalized spacial score (nSPS) is 9.50. The van der Waals surface area contributed by atoms with Crippen LogP contribution in [-0.4, -0.2) is 28.2 Å². The van der Waals surface area contributed by atoms with E-state index in [0.29, 0.717) is 6.29 Å². The van der Waals surface area contributed by atoms with Gasteiger partial charge in [0.15, 0.2) is 6.29 Å². The van der Waals surface area contributed by atoms with Crippen molar-refractivity contribution in [3.8, 4) is 5.75 Å². The van der Waals surface area contributed by atoms with Crippen molar-refractivity contribution >= 4 is 29.6 Å². The number of nitrogens with zero attached hydrogens (tertiary/aromatic N) is 1. The molecular formula is C8H7ClN2O3. The van der Waals surface area contributed by atoms with Gasteiger partial charge in [-0.3, -0.25) is 9.59 Å². The fourth-order valence-electron chi connectivity index (χ4n) is 0.800. The van der Waals surface area contributed by atoms with Crippen LogP contribution in [0.2, 0.25) is 0 Å². The molecule has 5 nitrogen and oxygen atoms in total. The molecule has 1 rings (SSSR count). The van der Waals surface area contributed by atoms with Gasteiger partial charge in [-0.05, 0) is 12.1 Å². The van der Waals surface area contributed by atoms with Crippen LogP contribution in [0.3, 0.4) is 0 Å². The quantitative estimate of drug-likeness (QED) is 0.576. The van der Waals surface area contributed by atoms with Gasteiger partial charge in [0, 0.05) is 0 Å². The second kappa shape index (κ2) is 4.57. The molecule has 0 unspecified atom stereocenters. The van der Waals surface area contributed by atoms with E-state index >= 15 is 0 Å². The van der Waals surface area contributed by atoms with Crippen LogP contribution in [0, 0.1) is 0 Å². The third-order valence-corrected chi connectivity index (χ3v) is 1.65. The molecule has 0 spiro atoms. The SMILES string of the molecule is O=Cc1nc(NC(=O)CCl)ccc1O. The molecule has 0 atom stereocenters. The van der Waals surface area contributed by atoms with Crippen LogP contribution in [0.25, 0.3) is 0 Å². The lowest BCUT2D eigenvalue weighted by Crippen LogP contribution is -2.14. The number of carbonyl (C=O) groups is 2. The number of carbonyl (C=O) groups excluding carboxylic acids is 2. The van der Waals surface area contributed by atoms with Crippen molar-refractivity contribution < 1.29 is 14.7 Å². The third-order valence-electron chi connectivity index (χ3n) is 1.40. The molecule has 74 valence electrons. The summed E-state index contributed by atoms with van der Waals surface area (Å²) in [5.41, 5.74) is -0.127. The average molecular weight is 215 g/mol. The summed E-state index contributed by atoms with van der Waals surface area (Å²) >= 11 is 5.25. The topological polar surface area (TPSA) is 79.3 Å². The molecule has 0 saturated heterocycles. The van der Waals surface area contributed by atoms with Crippen molar-refractivity contribution in [1.82, 2.24) is 4.98 Å². The van der Waals surface area contributed by atoms with E-state index in [0.717, 1.165) is 0 Å². The van der Waals surface area contributed by atoms with Gasteiger partial charge in [0.2, 0.25) is 5.91 Å². The fraction of sp³-hybridized carbons (Fsp3) is 0.125. The molecule has 1 heterocycles. The Bertz CT molecular complexity index is 368. The minimum atomic E-state index is -0.429. The zero-order valence-electron chi connectivity index (χ0n) is 7.03. The molecule has 0 fully saturated rings. The number of nitrogens with one attached hydrogen (secondary N) is 1. The second-order valence-electron chi connectivity index (χ2n) is 2.40. The van der Waals surface area contributed by atoms with E-state index in [1.807, 2.05) is 0 Å². The number of aldehydes is 1. The van der Waals surface area contributed by atoms with Gasteiger partial charge in [0.1, 0.15) is 23.1 Å². The number of pyridine rings is 1. The van der Waals surface area contributed by atoms with Gasteiger partial charge in [-0.25, -0.2) is 4.98 Å². The first-order valence-electron chi connectivity index (χ1n) is 3.68. The zero-order chi connectivity index (χ0) is 10.6. The van der Waals surface area contributed by atoms with Crippen molar-refractivity contribution in [3.63, 3.8) is 0 Å². The fourth-order valence-corrected chi connectivity index (χ4v) is 0.867. The van der Waals surface area contributed by atoms with Crippen LogP contribution < -0.4 is 5.32 Å². The summed E-state index contributed by atoms with van der Waals surface area (Å²) in [6.07, 6.45) is 0.395. The third kappa shape index (κ3) is 2.43. The van der Waals surface area contributed by atoms with Crippen LogP contribution in [-0.2, 0) is 4.79 Å². The number of rotatable bonds is 3. The Kier molecular flexibility index (Phi) is 3.41. The number of amides is 1. The van der Waals surface area contributed by atoms with E-state index in [1.165, 1.54) is 12.1 Å². The lowest BCUT2D eigenvalue weighted by Gasteiger charge is -2.02. The summed E-state index contributed by atoms with van der Waals surface area (Å²) in [6.45, 7) is 0. The van der Waals surface area contributed by atoms with Gasteiger partial charge in [0.25, 0.3) is 0 Å². The van der Waals surface area contributed by atoms with Crippen molar-refractivity contribution in [1.29, 1.82) is 0 Å². The monoisotopic (exact) mass is 214 g/mol. The van der Waals surface area contributed by atoms with Crippen LogP contribution in [0.5, 0.6) is 5.75 Å². The number of anilines is 1. The van der Waals surface area contributed by atoms with Crippen molar-refractivity contribution in [3.05, 3.63) is 17.8 Å². The number of aromatic nitrogens is 1. The summed E-state index contributed by atoms with van der Waals surface area (Å²) in [5, 5.41) is 11.4. The first-order valence-corrected chi connectivity index (χ1v) is 4.22. The van der Waals surface area contributed by atoms with E-state index in [4.69, 9.17) is 16.7 Å².